The number of rotatable bonds is 8. The van der Waals surface area contributed by atoms with Gasteiger partial charge in [-0.3, -0.25) is 19.8 Å². The van der Waals surface area contributed by atoms with Crippen LogP contribution in [0.15, 0.2) is 76.3 Å². The van der Waals surface area contributed by atoms with Crippen LogP contribution in [0, 0.1) is 13.8 Å². The molecule has 0 bridgehead atoms. The molecular formula is C33H35Cl4N5O2. The van der Waals surface area contributed by atoms with E-state index in [1.165, 1.54) is 29.0 Å². The third-order valence-corrected chi connectivity index (χ3v) is 8.66. The molecule has 2 aromatic heterocycles. The van der Waals surface area contributed by atoms with Crippen LogP contribution in [-0.2, 0) is 0 Å². The van der Waals surface area contributed by atoms with Crippen LogP contribution in [0.2, 0.25) is 20.1 Å². The molecule has 2 N–H and O–H groups in total. The second-order valence-corrected chi connectivity index (χ2v) is 12.0. The Kier molecular flexibility index (Phi) is 11.3. The standard InChI is InChI=1S/C27H20Cl4N4O2.C6H15N/c1-14-23(26(36)34(32-14)19-8-3-16(28)4-9-19)25(21-12-7-18(30)13-22(21)31)24-15(2)33-35(27(24)37)20-10-5-17(29)6-11-20;1-4-7(5-2)6-3/h3-13,25,32-33H,1-2H3;4-6H2,1-3H3. The minimum Gasteiger partial charge on any atom is -0.304 e. The second kappa shape index (κ2) is 14.7. The number of H-pyrrole nitrogens is 2. The Bertz CT molecular complexity index is 1720. The summed E-state index contributed by atoms with van der Waals surface area (Å²) >= 11 is 24.9. The number of hydrogen-bond acceptors (Lipinski definition) is 3. The van der Waals surface area contributed by atoms with Crippen molar-refractivity contribution in [2.75, 3.05) is 19.6 Å². The fraction of sp³-hybridized carbons (Fsp3) is 0.273. The van der Waals surface area contributed by atoms with Crippen LogP contribution < -0.4 is 11.1 Å². The molecule has 2 heterocycles. The van der Waals surface area contributed by atoms with E-state index in [0.717, 1.165) is 0 Å². The normalized spacial score (nSPS) is 11.2. The highest BCUT2D eigenvalue weighted by atomic mass is 35.5. The molecule has 232 valence electrons. The largest absolute Gasteiger partial charge is 0.304 e. The maximum atomic E-state index is 13.9. The van der Waals surface area contributed by atoms with E-state index in [2.05, 4.69) is 35.9 Å². The number of aromatic nitrogens is 4. The Labute approximate surface area is 276 Å². The average Bonchev–Trinajstić information content (AvgIpc) is 3.46. The molecule has 5 aromatic rings. The van der Waals surface area contributed by atoms with E-state index in [9.17, 15) is 9.59 Å². The zero-order valence-corrected chi connectivity index (χ0v) is 28.2. The predicted octanol–water partition coefficient (Wildman–Crippen LogP) is 8.40. The first-order chi connectivity index (χ1) is 21.0. The maximum absolute atomic E-state index is 13.9. The van der Waals surface area contributed by atoms with Crippen molar-refractivity contribution in [2.45, 2.75) is 40.5 Å². The lowest BCUT2D eigenvalue weighted by Gasteiger charge is -2.17. The summed E-state index contributed by atoms with van der Waals surface area (Å²) in [6.07, 6.45) is 0. The summed E-state index contributed by atoms with van der Waals surface area (Å²) in [6.45, 7) is 13.7. The number of hydrogen-bond donors (Lipinski definition) is 2. The summed E-state index contributed by atoms with van der Waals surface area (Å²) < 4.78 is 2.86. The van der Waals surface area contributed by atoms with Crippen LogP contribution >= 0.6 is 46.4 Å². The van der Waals surface area contributed by atoms with Crippen molar-refractivity contribution in [3.8, 4) is 11.4 Å². The first kappa shape index (κ1) is 33.7. The van der Waals surface area contributed by atoms with Gasteiger partial charge in [-0.05, 0) is 99.7 Å². The summed E-state index contributed by atoms with van der Waals surface area (Å²) in [6, 6.07) is 18.8. The van der Waals surface area contributed by atoms with Gasteiger partial charge in [-0.15, -0.1) is 0 Å². The van der Waals surface area contributed by atoms with Crippen molar-refractivity contribution >= 4 is 46.4 Å². The maximum Gasteiger partial charge on any atom is 0.275 e. The Morgan fingerprint density at radius 3 is 1.36 bits per heavy atom. The first-order valence-corrected chi connectivity index (χ1v) is 15.8. The lowest BCUT2D eigenvalue weighted by Crippen LogP contribution is -2.25. The molecule has 0 aliphatic carbocycles. The molecule has 0 saturated heterocycles. The number of nitrogens with zero attached hydrogens (tertiary/aromatic N) is 3. The molecule has 5 rings (SSSR count). The molecule has 7 nitrogen and oxygen atoms in total. The van der Waals surface area contributed by atoms with Gasteiger partial charge < -0.3 is 4.90 Å². The van der Waals surface area contributed by atoms with Gasteiger partial charge in [-0.25, -0.2) is 9.36 Å². The van der Waals surface area contributed by atoms with Crippen molar-refractivity contribution in [1.82, 2.24) is 24.5 Å². The third kappa shape index (κ3) is 7.19. The van der Waals surface area contributed by atoms with Gasteiger partial charge >= 0.3 is 0 Å². The topological polar surface area (TPSA) is 78.8 Å². The Balaban J connectivity index is 0.000000566. The molecule has 0 amide bonds. The van der Waals surface area contributed by atoms with E-state index in [0.29, 0.717) is 59.5 Å². The van der Waals surface area contributed by atoms with Crippen LogP contribution in [0.5, 0.6) is 0 Å². The summed E-state index contributed by atoms with van der Waals surface area (Å²) in [7, 11) is 0. The first-order valence-electron chi connectivity index (χ1n) is 14.3. The SMILES string of the molecule is CCN(CC)CC.Cc1[nH]n(-c2ccc(Cl)cc2)c(=O)c1C(c1ccc(Cl)cc1Cl)c1c(C)[nH]n(-c2ccc(Cl)cc2)c1=O. The van der Waals surface area contributed by atoms with Gasteiger partial charge in [0.05, 0.1) is 28.4 Å². The lowest BCUT2D eigenvalue weighted by molar-refractivity contribution is 0.321. The molecule has 0 unspecified atom stereocenters. The summed E-state index contributed by atoms with van der Waals surface area (Å²) in [5.41, 5.74) is 3.13. The van der Waals surface area contributed by atoms with E-state index >= 15 is 0 Å². The summed E-state index contributed by atoms with van der Waals surface area (Å²) in [5, 5.41) is 8.17. The molecule has 0 saturated carbocycles. The van der Waals surface area contributed by atoms with E-state index in [-0.39, 0.29) is 11.1 Å². The minimum atomic E-state index is -0.778. The lowest BCUT2D eigenvalue weighted by atomic mass is 9.85. The Morgan fingerprint density at radius 2 is 1.02 bits per heavy atom. The zero-order chi connectivity index (χ0) is 32.1. The van der Waals surface area contributed by atoms with Crippen molar-refractivity contribution in [2.24, 2.45) is 0 Å². The van der Waals surface area contributed by atoms with Gasteiger partial charge in [0.25, 0.3) is 11.1 Å². The van der Waals surface area contributed by atoms with E-state index in [1.807, 2.05) is 0 Å². The zero-order valence-electron chi connectivity index (χ0n) is 25.2. The van der Waals surface area contributed by atoms with Crippen LogP contribution in [0.4, 0.5) is 0 Å². The highest BCUT2D eigenvalue weighted by molar-refractivity contribution is 6.35. The van der Waals surface area contributed by atoms with Crippen molar-refractivity contribution < 1.29 is 0 Å². The van der Waals surface area contributed by atoms with E-state index in [1.54, 1.807) is 80.6 Å². The predicted molar refractivity (Wildman–Crippen MR) is 183 cm³/mol. The Hall–Kier alpha value is -3.20. The monoisotopic (exact) mass is 673 g/mol. The number of nitrogens with one attached hydrogen (secondary N) is 2. The molecule has 3 aromatic carbocycles. The smallest absolute Gasteiger partial charge is 0.275 e. The molecule has 0 spiro atoms. The molecule has 0 aliphatic rings. The van der Waals surface area contributed by atoms with Crippen molar-refractivity contribution in [3.63, 3.8) is 0 Å². The molecule has 44 heavy (non-hydrogen) atoms. The van der Waals surface area contributed by atoms with Crippen LogP contribution in [0.1, 0.15) is 54.8 Å². The number of halogens is 4. The molecule has 0 atom stereocenters. The fourth-order valence-electron chi connectivity index (χ4n) is 5.20. The van der Waals surface area contributed by atoms with Gasteiger partial charge in [-0.2, -0.15) is 0 Å². The molecule has 0 radical (unpaired) electrons. The second-order valence-electron chi connectivity index (χ2n) is 10.3. The van der Waals surface area contributed by atoms with E-state index in [4.69, 9.17) is 46.4 Å². The number of aryl methyl sites for hydroxylation is 2. The van der Waals surface area contributed by atoms with Gasteiger partial charge in [-0.1, -0.05) is 73.2 Å². The third-order valence-electron chi connectivity index (χ3n) is 7.60. The highest BCUT2D eigenvalue weighted by Crippen LogP contribution is 2.37. The van der Waals surface area contributed by atoms with Crippen LogP contribution in [-0.4, -0.2) is 44.1 Å². The molecule has 0 aliphatic heterocycles. The number of benzene rings is 3. The van der Waals surface area contributed by atoms with Gasteiger partial charge in [0.1, 0.15) is 0 Å². The summed E-state index contributed by atoms with van der Waals surface area (Å²) in [4.78, 5) is 30.1. The van der Waals surface area contributed by atoms with Gasteiger partial charge in [0.2, 0.25) is 0 Å². The molecule has 0 fully saturated rings. The molecular weight excluding hydrogens is 640 g/mol. The van der Waals surface area contributed by atoms with Crippen molar-refractivity contribution in [1.29, 1.82) is 0 Å². The number of aromatic amines is 2. The minimum absolute atomic E-state index is 0.311. The van der Waals surface area contributed by atoms with Gasteiger partial charge in [0.15, 0.2) is 0 Å². The highest BCUT2D eigenvalue weighted by Gasteiger charge is 2.32. The van der Waals surface area contributed by atoms with Crippen LogP contribution in [0.25, 0.3) is 11.4 Å². The average molecular weight is 675 g/mol. The molecule has 11 heteroatoms. The van der Waals surface area contributed by atoms with Crippen LogP contribution in [0.3, 0.4) is 0 Å². The Morgan fingerprint density at radius 1 is 0.636 bits per heavy atom. The fourth-order valence-corrected chi connectivity index (χ4v) is 5.97. The summed E-state index contributed by atoms with van der Waals surface area (Å²) in [5.74, 6) is -0.778. The quantitative estimate of drug-likeness (QED) is 0.174. The van der Waals surface area contributed by atoms with E-state index < -0.39 is 5.92 Å². The van der Waals surface area contributed by atoms with Crippen molar-refractivity contribution in [3.05, 3.63) is 136 Å². The van der Waals surface area contributed by atoms with Gasteiger partial charge in [0, 0.05) is 31.5 Å².